The van der Waals surface area contributed by atoms with Gasteiger partial charge in [-0.3, -0.25) is 14.7 Å². The SMILES string of the molecule is O=C(/C=C/c1ccc2c(c1)OCO2)N(C1=NCCC=C1)C1CCCCC1. The van der Waals surface area contributed by atoms with E-state index in [9.17, 15) is 4.79 Å². The number of nitrogens with zero attached hydrogens (tertiary/aromatic N) is 2. The average molecular weight is 352 g/mol. The van der Waals surface area contributed by atoms with Crippen molar-refractivity contribution in [1.29, 1.82) is 0 Å². The maximum Gasteiger partial charge on any atom is 0.252 e. The van der Waals surface area contributed by atoms with E-state index in [1.165, 1.54) is 19.3 Å². The summed E-state index contributed by atoms with van der Waals surface area (Å²) >= 11 is 0. The molecule has 0 atom stereocenters. The summed E-state index contributed by atoms with van der Waals surface area (Å²) in [4.78, 5) is 19.5. The zero-order valence-corrected chi connectivity index (χ0v) is 14.9. The summed E-state index contributed by atoms with van der Waals surface area (Å²) in [5.74, 6) is 2.28. The molecule has 1 amide bonds. The first-order valence-electron chi connectivity index (χ1n) is 9.43. The minimum Gasteiger partial charge on any atom is -0.454 e. The molecule has 4 rings (SSSR count). The lowest BCUT2D eigenvalue weighted by Gasteiger charge is -2.34. The second kappa shape index (κ2) is 7.77. The molecule has 1 fully saturated rings. The van der Waals surface area contributed by atoms with Crippen LogP contribution in [0.15, 0.2) is 41.4 Å². The van der Waals surface area contributed by atoms with E-state index < -0.39 is 0 Å². The fourth-order valence-electron chi connectivity index (χ4n) is 3.74. The summed E-state index contributed by atoms with van der Waals surface area (Å²) < 4.78 is 10.7. The van der Waals surface area contributed by atoms with Gasteiger partial charge in [-0.1, -0.05) is 31.4 Å². The van der Waals surface area contributed by atoms with Gasteiger partial charge in [0.1, 0.15) is 5.84 Å². The quantitative estimate of drug-likeness (QED) is 0.774. The van der Waals surface area contributed by atoms with Gasteiger partial charge in [-0.15, -0.1) is 0 Å². The largest absolute Gasteiger partial charge is 0.454 e. The van der Waals surface area contributed by atoms with Gasteiger partial charge >= 0.3 is 0 Å². The molecule has 2 aliphatic heterocycles. The molecular weight excluding hydrogens is 328 g/mol. The van der Waals surface area contributed by atoms with E-state index >= 15 is 0 Å². The highest BCUT2D eigenvalue weighted by Crippen LogP contribution is 2.33. The molecule has 0 radical (unpaired) electrons. The highest BCUT2D eigenvalue weighted by Gasteiger charge is 2.27. The first-order chi connectivity index (χ1) is 12.8. The molecule has 0 saturated heterocycles. The minimum atomic E-state index is -0.000123. The summed E-state index contributed by atoms with van der Waals surface area (Å²) in [6.07, 6.45) is 14.3. The molecule has 26 heavy (non-hydrogen) atoms. The van der Waals surface area contributed by atoms with Crippen LogP contribution in [0.2, 0.25) is 0 Å². The lowest BCUT2D eigenvalue weighted by molar-refractivity contribution is -0.124. The summed E-state index contributed by atoms with van der Waals surface area (Å²) in [6.45, 7) is 1.01. The van der Waals surface area contributed by atoms with Crippen LogP contribution in [0.3, 0.4) is 0 Å². The fraction of sp³-hybridized carbons (Fsp3) is 0.429. The number of rotatable bonds is 3. The standard InChI is InChI=1S/C21H24N2O3/c24-21(12-10-16-9-11-18-19(14-16)26-15-25-18)23(17-6-2-1-3-7-17)20-8-4-5-13-22-20/h4,8-12,14,17H,1-3,5-7,13,15H2/b12-10+. The first-order valence-corrected chi connectivity index (χ1v) is 9.43. The van der Waals surface area contributed by atoms with Crippen LogP contribution >= 0.6 is 0 Å². The van der Waals surface area contributed by atoms with Gasteiger partial charge in [-0.05, 0) is 49.1 Å². The molecule has 5 nitrogen and oxygen atoms in total. The molecule has 1 saturated carbocycles. The topological polar surface area (TPSA) is 51.1 Å². The smallest absolute Gasteiger partial charge is 0.252 e. The molecule has 5 heteroatoms. The van der Waals surface area contributed by atoms with Crippen molar-refractivity contribution in [2.24, 2.45) is 4.99 Å². The number of fused-ring (bicyclic) bond motifs is 1. The van der Waals surface area contributed by atoms with Gasteiger partial charge in [0.2, 0.25) is 6.79 Å². The molecule has 1 aromatic carbocycles. The Morgan fingerprint density at radius 3 is 2.81 bits per heavy atom. The Balaban J connectivity index is 1.53. The molecule has 1 aromatic rings. The predicted octanol–water partition coefficient (Wildman–Crippen LogP) is 3.95. The fourth-order valence-corrected chi connectivity index (χ4v) is 3.74. The first kappa shape index (κ1) is 16.9. The Kier molecular flexibility index (Phi) is 5.04. The van der Waals surface area contributed by atoms with Crippen molar-refractivity contribution in [3.63, 3.8) is 0 Å². The van der Waals surface area contributed by atoms with E-state index in [0.717, 1.165) is 48.7 Å². The Hall–Kier alpha value is -2.56. The van der Waals surface area contributed by atoms with Gasteiger partial charge in [0.25, 0.3) is 5.91 Å². The molecule has 3 aliphatic rings. The molecular formula is C21H24N2O3. The number of carbonyl (C=O) groups is 1. The van der Waals surface area contributed by atoms with Gasteiger partial charge in [0.05, 0.1) is 0 Å². The molecule has 0 aromatic heterocycles. The zero-order valence-electron chi connectivity index (χ0n) is 14.9. The van der Waals surface area contributed by atoms with Crippen LogP contribution in [0.4, 0.5) is 0 Å². The highest BCUT2D eigenvalue weighted by molar-refractivity contribution is 6.09. The molecule has 0 bridgehead atoms. The van der Waals surface area contributed by atoms with Gasteiger partial charge in [-0.25, -0.2) is 0 Å². The van der Waals surface area contributed by atoms with Crippen molar-refractivity contribution in [2.45, 2.75) is 44.6 Å². The van der Waals surface area contributed by atoms with Crippen LogP contribution in [0.25, 0.3) is 6.08 Å². The number of ether oxygens (including phenoxy) is 2. The Morgan fingerprint density at radius 2 is 2.00 bits per heavy atom. The van der Waals surface area contributed by atoms with Crippen molar-refractivity contribution in [2.75, 3.05) is 13.3 Å². The third-order valence-corrected chi connectivity index (χ3v) is 5.08. The van der Waals surface area contributed by atoms with E-state index in [4.69, 9.17) is 9.47 Å². The number of amides is 1. The lowest BCUT2D eigenvalue weighted by Crippen LogP contribution is -2.44. The lowest BCUT2D eigenvalue weighted by atomic mass is 9.93. The number of amidine groups is 1. The summed E-state index contributed by atoms with van der Waals surface area (Å²) in [5.41, 5.74) is 0.923. The van der Waals surface area contributed by atoms with Crippen molar-refractivity contribution in [3.05, 3.63) is 42.0 Å². The third kappa shape index (κ3) is 3.66. The van der Waals surface area contributed by atoms with Crippen molar-refractivity contribution < 1.29 is 14.3 Å². The minimum absolute atomic E-state index is 0.000123. The van der Waals surface area contributed by atoms with E-state index in [0.29, 0.717) is 0 Å². The molecule has 2 heterocycles. The predicted molar refractivity (Wildman–Crippen MR) is 101 cm³/mol. The van der Waals surface area contributed by atoms with Crippen LogP contribution in [0.5, 0.6) is 11.5 Å². The number of dihydropyridines is 1. The normalized spacial score (nSPS) is 19.6. The number of aliphatic imine (C=N–C) groups is 1. The van der Waals surface area contributed by atoms with Crippen LogP contribution in [-0.4, -0.2) is 36.0 Å². The summed E-state index contributed by atoms with van der Waals surface area (Å²) in [7, 11) is 0. The van der Waals surface area contributed by atoms with Crippen LogP contribution in [0, 0.1) is 0 Å². The van der Waals surface area contributed by atoms with Crippen molar-refractivity contribution >= 4 is 17.8 Å². The zero-order chi connectivity index (χ0) is 17.8. The molecule has 0 spiro atoms. The molecule has 1 aliphatic carbocycles. The average Bonchev–Trinajstić information content (AvgIpc) is 3.16. The van der Waals surface area contributed by atoms with Crippen LogP contribution < -0.4 is 9.47 Å². The van der Waals surface area contributed by atoms with E-state index in [-0.39, 0.29) is 18.7 Å². The van der Waals surface area contributed by atoms with Gasteiger partial charge < -0.3 is 9.47 Å². The third-order valence-electron chi connectivity index (χ3n) is 5.08. The second-order valence-corrected chi connectivity index (χ2v) is 6.88. The Morgan fingerprint density at radius 1 is 1.15 bits per heavy atom. The van der Waals surface area contributed by atoms with Crippen molar-refractivity contribution in [3.8, 4) is 11.5 Å². The molecule has 0 unspecified atom stereocenters. The second-order valence-electron chi connectivity index (χ2n) is 6.88. The van der Waals surface area contributed by atoms with Gasteiger partial charge in [0.15, 0.2) is 11.5 Å². The Labute approximate surface area is 154 Å². The number of hydrogen-bond acceptors (Lipinski definition) is 4. The molecule has 0 N–H and O–H groups in total. The summed E-state index contributed by atoms with van der Waals surface area (Å²) in [5, 5.41) is 0. The van der Waals surface area contributed by atoms with E-state index in [1.807, 2.05) is 35.3 Å². The van der Waals surface area contributed by atoms with Crippen LogP contribution in [-0.2, 0) is 4.79 Å². The summed E-state index contributed by atoms with van der Waals surface area (Å²) in [6, 6.07) is 5.95. The van der Waals surface area contributed by atoms with Crippen LogP contribution in [0.1, 0.15) is 44.1 Å². The highest BCUT2D eigenvalue weighted by atomic mass is 16.7. The maximum absolute atomic E-state index is 13.0. The number of carbonyl (C=O) groups excluding carboxylic acids is 1. The van der Waals surface area contributed by atoms with E-state index in [2.05, 4.69) is 11.1 Å². The van der Waals surface area contributed by atoms with Gasteiger partial charge in [0, 0.05) is 18.7 Å². The van der Waals surface area contributed by atoms with Crippen molar-refractivity contribution in [1.82, 2.24) is 4.90 Å². The van der Waals surface area contributed by atoms with Gasteiger partial charge in [-0.2, -0.15) is 0 Å². The molecule has 136 valence electrons. The maximum atomic E-state index is 13.0. The number of benzene rings is 1. The number of hydrogen-bond donors (Lipinski definition) is 0. The van der Waals surface area contributed by atoms with E-state index in [1.54, 1.807) is 6.08 Å². The Bertz CT molecular complexity index is 761. The monoisotopic (exact) mass is 352 g/mol.